The standard InChI is InChI=1S/C9H13Cl2N3/c1-7-12-4-3-8(13-7)14-9(2,5-10)6-11/h3-4H,5-6H2,1-2H3,(H,12,13,14). The minimum Gasteiger partial charge on any atom is -0.362 e. The van der Waals surface area contributed by atoms with Crippen molar-refractivity contribution in [3.05, 3.63) is 18.1 Å². The van der Waals surface area contributed by atoms with E-state index in [1.807, 2.05) is 13.8 Å². The Morgan fingerprint density at radius 1 is 1.43 bits per heavy atom. The molecule has 0 spiro atoms. The number of hydrogen-bond acceptors (Lipinski definition) is 3. The molecule has 1 aromatic heterocycles. The van der Waals surface area contributed by atoms with Crippen molar-refractivity contribution in [3.8, 4) is 0 Å². The van der Waals surface area contributed by atoms with Gasteiger partial charge in [0.1, 0.15) is 11.6 Å². The minimum atomic E-state index is -0.329. The van der Waals surface area contributed by atoms with Crippen LogP contribution in [0.4, 0.5) is 5.82 Å². The van der Waals surface area contributed by atoms with Gasteiger partial charge in [0, 0.05) is 18.0 Å². The molecule has 1 heterocycles. The van der Waals surface area contributed by atoms with Crippen molar-refractivity contribution in [1.29, 1.82) is 0 Å². The molecule has 0 unspecified atom stereocenters. The van der Waals surface area contributed by atoms with Gasteiger partial charge in [0.05, 0.1) is 5.54 Å². The number of nitrogens with zero attached hydrogens (tertiary/aromatic N) is 2. The highest BCUT2D eigenvalue weighted by atomic mass is 35.5. The van der Waals surface area contributed by atoms with Crippen LogP contribution in [-0.2, 0) is 0 Å². The summed E-state index contributed by atoms with van der Waals surface area (Å²) in [6.45, 7) is 3.79. The van der Waals surface area contributed by atoms with Crippen LogP contribution in [0.25, 0.3) is 0 Å². The fourth-order valence-electron chi connectivity index (χ4n) is 0.938. The van der Waals surface area contributed by atoms with E-state index in [0.717, 1.165) is 11.6 Å². The van der Waals surface area contributed by atoms with Crippen molar-refractivity contribution >= 4 is 29.0 Å². The molecule has 0 aliphatic heterocycles. The topological polar surface area (TPSA) is 37.8 Å². The smallest absolute Gasteiger partial charge is 0.130 e. The van der Waals surface area contributed by atoms with Gasteiger partial charge in [-0.1, -0.05) is 0 Å². The summed E-state index contributed by atoms with van der Waals surface area (Å²) in [6.07, 6.45) is 1.70. The second-order valence-electron chi connectivity index (χ2n) is 3.44. The summed E-state index contributed by atoms with van der Waals surface area (Å²) < 4.78 is 0. The molecule has 3 nitrogen and oxygen atoms in total. The van der Waals surface area contributed by atoms with Crippen LogP contribution in [0.3, 0.4) is 0 Å². The molecule has 78 valence electrons. The molecule has 0 saturated carbocycles. The predicted molar refractivity (Wildman–Crippen MR) is 60.2 cm³/mol. The van der Waals surface area contributed by atoms with Crippen LogP contribution in [-0.4, -0.2) is 27.3 Å². The highest BCUT2D eigenvalue weighted by molar-refractivity contribution is 6.22. The van der Waals surface area contributed by atoms with E-state index in [1.54, 1.807) is 12.3 Å². The van der Waals surface area contributed by atoms with Crippen molar-refractivity contribution in [3.63, 3.8) is 0 Å². The molecule has 1 N–H and O–H groups in total. The SMILES string of the molecule is Cc1nccc(NC(C)(CCl)CCl)n1. The van der Waals surface area contributed by atoms with Gasteiger partial charge in [0.15, 0.2) is 0 Å². The Labute approximate surface area is 93.9 Å². The maximum absolute atomic E-state index is 5.81. The van der Waals surface area contributed by atoms with Crippen LogP contribution >= 0.6 is 23.2 Å². The molecule has 1 aromatic rings. The quantitative estimate of drug-likeness (QED) is 0.813. The van der Waals surface area contributed by atoms with Crippen LogP contribution in [0.2, 0.25) is 0 Å². The lowest BCUT2D eigenvalue weighted by molar-refractivity contribution is 0.644. The van der Waals surface area contributed by atoms with Crippen molar-refractivity contribution in [2.24, 2.45) is 0 Å². The number of halogens is 2. The number of nitrogens with one attached hydrogen (secondary N) is 1. The van der Waals surface area contributed by atoms with E-state index in [9.17, 15) is 0 Å². The van der Waals surface area contributed by atoms with Gasteiger partial charge < -0.3 is 5.32 Å². The van der Waals surface area contributed by atoms with E-state index in [1.165, 1.54) is 0 Å². The summed E-state index contributed by atoms with van der Waals surface area (Å²) >= 11 is 11.6. The van der Waals surface area contributed by atoms with E-state index >= 15 is 0 Å². The third-order valence-electron chi connectivity index (χ3n) is 1.80. The molecule has 0 aliphatic rings. The van der Waals surface area contributed by atoms with Gasteiger partial charge in [-0.25, -0.2) is 9.97 Å². The molecular formula is C9H13Cl2N3. The van der Waals surface area contributed by atoms with Gasteiger partial charge >= 0.3 is 0 Å². The van der Waals surface area contributed by atoms with E-state index in [2.05, 4.69) is 15.3 Å². The van der Waals surface area contributed by atoms with Crippen LogP contribution in [0.1, 0.15) is 12.7 Å². The highest BCUT2D eigenvalue weighted by Crippen LogP contribution is 2.16. The summed E-state index contributed by atoms with van der Waals surface area (Å²) in [5.74, 6) is 2.34. The molecule has 0 bridgehead atoms. The fraction of sp³-hybridized carbons (Fsp3) is 0.556. The number of aromatic nitrogens is 2. The molecule has 0 atom stereocenters. The van der Waals surface area contributed by atoms with Crippen LogP contribution in [0.5, 0.6) is 0 Å². The molecule has 14 heavy (non-hydrogen) atoms. The summed E-state index contributed by atoms with van der Waals surface area (Å²) in [5, 5.41) is 3.18. The average Bonchev–Trinajstić information content (AvgIpc) is 2.18. The number of anilines is 1. The second kappa shape index (κ2) is 4.80. The van der Waals surface area contributed by atoms with Gasteiger partial charge in [-0.2, -0.15) is 0 Å². The second-order valence-corrected chi connectivity index (χ2v) is 3.98. The Kier molecular flexibility index (Phi) is 3.96. The number of hydrogen-bond donors (Lipinski definition) is 1. The van der Waals surface area contributed by atoms with Crippen molar-refractivity contribution in [1.82, 2.24) is 9.97 Å². The van der Waals surface area contributed by atoms with E-state index in [-0.39, 0.29) is 5.54 Å². The average molecular weight is 234 g/mol. The number of rotatable bonds is 4. The molecule has 0 saturated heterocycles. The fourth-order valence-corrected chi connectivity index (χ4v) is 1.36. The monoisotopic (exact) mass is 233 g/mol. The molecule has 0 fully saturated rings. The summed E-state index contributed by atoms with van der Waals surface area (Å²) in [4.78, 5) is 8.22. The first kappa shape index (κ1) is 11.5. The Morgan fingerprint density at radius 2 is 2.07 bits per heavy atom. The predicted octanol–water partition coefficient (Wildman–Crippen LogP) is 2.43. The van der Waals surface area contributed by atoms with E-state index in [4.69, 9.17) is 23.2 Å². The van der Waals surface area contributed by atoms with Crippen molar-refractivity contribution < 1.29 is 0 Å². The number of alkyl halides is 2. The molecular weight excluding hydrogens is 221 g/mol. The Balaban J connectivity index is 2.77. The Morgan fingerprint density at radius 3 is 2.57 bits per heavy atom. The first-order chi connectivity index (χ1) is 6.59. The normalized spacial score (nSPS) is 11.4. The lowest BCUT2D eigenvalue weighted by Crippen LogP contribution is -2.39. The van der Waals surface area contributed by atoms with Crippen LogP contribution < -0.4 is 5.32 Å². The van der Waals surface area contributed by atoms with E-state index < -0.39 is 0 Å². The van der Waals surface area contributed by atoms with Crippen LogP contribution in [0, 0.1) is 6.92 Å². The first-order valence-corrected chi connectivity index (χ1v) is 5.36. The summed E-state index contributed by atoms with van der Waals surface area (Å²) in [6, 6.07) is 1.80. The Bertz CT molecular complexity index is 300. The zero-order chi connectivity index (χ0) is 10.6. The van der Waals surface area contributed by atoms with Gasteiger partial charge in [0.2, 0.25) is 0 Å². The zero-order valence-electron chi connectivity index (χ0n) is 8.22. The summed E-state index contributed by atoms with van der Waals surface area (Å²) in [5.41, 5.74) is -0.329. The summed E-state index contributed by atoms with van der Waals surface area (Å²) in [7, 11) is 0. The molecule has 0 aliphatic carbocycles. The Hall–Kier alpha value is -0.540. The molecule has 1 rings (SSSR count). The van der Waals surface area contributed by atoms with Crippen molar-refractivity contribution in [2.75, 3.05) is 17.1 Å². The third-order valence-corrected chi connectivity index (χ3v) is 2.98. The maximum Gasteiger partial charge on any atom is 0.130 e. The lowest BCUT2D eigenvalue weighted by Gasteiger charge is -2.26. The third kappa shape index (κ3) is 3.00. The van der Waals surface area contributed by atoms with Crippen molar-refractivity contribution in [2.45, 2.75) is 19.4 Å². The maximum atomic E-state index is 5.81. The van der Waals surface area contributed by atoms with Gasteiger partial charge in [-0.05, 0) is 19.9 Å². The van der Waals surface area contributed by atoms with Crippen LogP contribution in [0.15, 0.2) is 12.3 Å². The zero-order valence-corrected chi connectivity index (χ0v) is 9.73. The molecule has 0 aromatic carbocycles. The largest absolute Gasteiger partial charge is 0.362 e. The lowest BCUT2D eigenvalue weighted by atomic mass is 10.1. The minimum absolute atomic E-state index is 0.329. The molecule has 0 radical (unpaired) electrons. The van der Waals surface area contributed by atoms with Gasteiger partial charge in [-0.3, -0.25) is 0 Å². The molecule has 5 heteroatoms. The van der Waals surface area contributed by atoms with E-state index in [0.29, 0.717) is 11.8 Å². The first-order valence-electron chi connectivity index (χ1n) is 4.29. The van der Waals surface area contributed by atoms with Gasteiger partial charge in [0.25, 0.3) is 0 Å². The number of aryl methyl sites for hydroxylation is 1. The highest BCUT2D eigenvalue weighted by Gasteiger charge is 2.21. The van der Waals surface area contributed by atoms with Gasteiger partial charge in [-0.15, -0.1) is 23.2 Å². The molecule has 0 amide bonds.